The highest BCUT2D eigenvalue weighted by molar-refractivity contribution is 6.35. The van der Waals surface area contributed by atoms with E-state index in [0.29, 0.717) is 16.5 Å². The monoisotopic (exact) mass is 558 g/mol. The van der Waals surface area contributed by atoms with E-state index in [1.165, 1.54) is 0 Å². The van der Waals surface area contributed by atoms with Gasteiger partial charge < -0.3 is 19.8 Å². The number of fused-ring (bicyclic) bond motifs is 1. The van der Waals surface area contributed by atoms with E-state index >= 15 is 0 Å². The van der Waals surface area contributed by atoms with Crippen molar-refractivity contribution in [3.8, 4) is 5.75 Å². The molecule has 0 spiro atoms. The molecule has 0 bridgehead atoms. The number of methoxy groups -OCH3 is 1. The molecule has 1 aromatic heterocycles. The predicted octanol–water partition coefficient (Wildman–Crippen LogP) is 6.80. The Balaban J connectivity index is 1.31. The highest BCUT2D eigenvalue weighted by Gasteiger charge is 2.31. The Kier molecular flexibility index (Phi) is 10.3. The molecule has 0 radical (unpaired) electrons. The summed E-state index contributed by atoms with van der Waals surface area (Å²) in [6.07, 6.45) is 6.34. The molecule has 1 fully saturated rings. The summed E-state index contributed by atoms with van der Waals surface area (Å²) < 4.78 is 5.36. The van der Waals surface area contributed by atoms with Gasteiger partial charge in [-0.1, -0.05) is 29.3 Å². The average molecular weight is 560 g/mol. The van der Waals surface area contributed by atoms with Gasteiger partial charge >= 0.3 is 5.97 Å². The van der Waals surface area contributed by atoms with Gasteiger partial charge in [-0.25, -0.2) is 0 Å². The van der Waals surface area contributed by atoms with Gasteiger partial charge in [0.05, 0.1) is 18.7 Å². The fourth-order valence-corrected chi connectivity index (χ4v) is 6.28. The molecule has 0 aliphatic carbocycles. The summed E-state index contributed by atoms with van der Waals surface area (Å²) in [5.41, 5.74) is 2.65. The minimum Gasteiger partial charge on any atom is -0.497 e. The first-order valence-electron chi connectivity index (χ1n) is 13.3. The third-order valence-corrected chi connectivity index (χ3v) is 8.49. The van der Waals surface area contributed by atoms with E-state index in [1.54, 1.807) is 13.3 Å². The van der Waals surface area contributed by atoms with Crippen LogP contribution in [-0.2, 0) is 11.2 Å². The number of hydrogen-bond donors (Lipinski definition) is 2. The molecule has 2 aromatic carbocycles. The summed E-state index contributed by atoms with van der Waals surface area (Å²) in [5, 5.41) is 23.0. The van der Waals surface area contributed by atoms with Crippen LogP contribution in [-0.4, -0.2) is 52.8 Å². The molecule has 38 heavy (non-hydrogen) atoms. The number of ether oxygens (including phenoxy) is 1. The van der Waals surface area contributed by atoms with Crippen molar-refractivity contribution >= 4 is 40.1 Å². The third-order valence-electron chi connectivity index (χ3n) is 7.78. The van der Waals surface area contributed by atoms with Crippen LogP contribution in [0.5, 0.6) is 5.75 Å². The number of carbonyl (C=O) groups is 1. The van der Waals surface area contributed by atoms with Crippen molar-refractivity contribution in [3.63, 3.8) is 0 Å². The zero-order valence-electron chi connectivity index (χ0n) is 21.8. The summed E-state index contributed by atoms with van der Waals surface area (Å²) in [6, 6.07) is 13.1. The molecule has 204 valence electrons. The van der Waals surface area contributed by atoms with Gasteiger partial charge in [-0.3, -0.25) is 9.78 Å². The second-order valence-corrected chi connectivity index (χ2v) is 11.1. The number of aliphatic hydroxyl groups is 1. The predicted molar refractivity (Wildman–Crippen MR) is 152 cm³/mol. The molecule has 0 saturated carbocycles. The Hall–Kier alpha value is -2.38. The van der Waals surface area contributed by atoms with Gasteiger partial charge in [0.2, 0.25) is 0 Å². The maximum absolute atomic E-state index is 11.7. The number of aliphatic hydroxyl groups excluding tert-OH is 1. The van der Waals surface area contributed by atoms with Gasteiger partial charge in [0.1, 0.15) is 5.75 Å². The Morgan fingerprint density at radius 3 is 2.68 bits per heavy atom. The highest BCUT2D eigenvalue weighted by Crippen LogP contribution is 2.35. The number of pyridine rings is 1. The van der Waals surface area contributed by atoms with E-state index in [4.69, 9.17) is 27.9 Å². The average Bonchev–Trinajstić information content (AvgIpc) is 2.90. The van der Waals surface area contributed by atoms with Gasteiger partial charge in [-0.15, -0.1) is 0 Å². The number of nitrogens with zero attached hydrogens (tertiary/aromatic N) is 2. The van der Waals surface area contributed by atoms with Crippen LogP contribution in [0.1, 0.15) is 55.8 Å². The Labute approximate surface area is 234 Å². The van der Waals surface area contributed by atoms with Crippen molar-refractivity contribution < 1.29 is 19.7 Å². The van der Waals surface area contributed by atoms with Gasteiger partial charge in [0, 0.05) is 34.6 Å². The first kappa shape index (κ1) is 28.6. The lowest BCUT2D eigenvalue weighted by atomic mass is 9.79. The molecule has 3 aromatic rings. The summed E-state index contributed by atoms with van der Waals surface area (Å²) in [6.45, 7) is 2.65. The van der Waals surface area contributed by atoms with E-state index in [2.05, 4.69) is 9.88 Å². The Morgan fingerprint density at radius 2 is 1.95 bits per heavy atom. The molecule has 4 rings (SSSR count). The maximum Gasteiger partial charge on any atom is 0.303 e. The molecule has 1 saturated heterocycles. The minimum atomic E-state index is -0.761. The maximum atomic E-state index is 11.7. The van der Waals surface area contributed by atoms with Crippen molar-refractivity contribution in [2.24, 2.45) is 11.8 Å². The van der Waals surface area contributed by atoms with E-state index in [1.807, 2.05) is 42.5 Å². The molecular formula is C30H36Cl2N2O4. The van der Waals surface area contributed by atoms with E-state index in [-0.39, 0.29) is 18.3 Å². The number of benzene rings is 2. The zero-order chi connectivity index (χ0) is 27.1. The summed E-state index contributed by atoms with van der Waals surface area (Å²) in [7, 11) is 1.62. The van der Waals surface area contributed by atoms with Crippen LogP contribution in [0.4, 0.5) is 0 Å². The first-order chi connectivity index (χ1) is 18.4. The number of carboxylic acids is 1. The number of halogens is 2. The molecule has 2 N–H and O–H groups in total. The number of carboxylic acid groups (broad SMARTS) is 1. The second kappa shape index (κ2) is 13.6. The Morgan fingerprint density at radius 1 is 1.16 bits per heavy atom. The van der Waals surface area contributed by atoms with Crippen LogP contribution in [0.15, 0.2) is 48.7 Å². The van der Waals surface area contributed by atoms with E-state index in [9.17, 15) is 15.0 Å². The lowest BCUT2D eigenvalue weighted by Crippen LogP contribution is -2.41. The number of aromatic nitrogens is 1. The number of unbranched alkanes of at least 4 members (excludes halogenated alkanes) is 1. The Bertz CT molecular complexity index is 1220. The summed E-state index contributed by atoms with van der Waals surface area (Å²) in [5.74, 6) is 0.299. The molecule has 2 heterocycles. The summed E-state index contributed by atoms with van der Waals surface area (Å²) in [4.78, 5) is 18.5. The number of aliphatic carboxylic acids is 1. The fourth-order valence-electron chi connectivity index (χ4n) is 5.69. The smallest absolute Gasteiger partial charge is 0.303 e. The van der Waals surface area contributed by atoms with Crippen LogP contribution in [0.2, 0.25) is 10.0 Å². The minimum absolute atomic E-state index is 0.0701. The number of hydrogen-bond acceptors (Lipinski definition) is 5. The van der Waals surface area contributed by atoms with Crippen LogP contribution >= 0.6 is 23.2 Å². The molecule has 1 unspecified atom stereocenters. The standard InChI is InChI=1S/C30H36Cl2N2O4/c1-38-22-9-10-28-25(18-22)23(12-14-33-28)29(35)11-8-20-13-16-34(19-21(20)17-30(36)37)15-3-2-5-24-26(31)6-4-7-27(24)32/h4,6-7,9-10,12,14,18,20-21,29,35H,2-3,5,8,11,13,15-17,19H2,1H3,(H,36,37)/t20-,21+,29?/m1/s1. The second-order valence-electron chi connectivity index (χ2n) is 10.2. The van der Waals surface area contributed by atoms with Crippen LogP contribution in [0.25, 0.3) is 10.9 Å². The van der Waals surface area contributed by atoms with Crippen molar-refractivity contribution in [3.05, 3.63) is 69.8 Å². The fraction of sp³-hybridized carbons (Fsp3) is 0.467. The van der Waals surface area contributed by atoms with Gasteiger partial charge in [0.25, 0.3) is 0 Å². The van der Waals surface area contributed by atoms with Crippen molar-refractivity contribution in [1.29, 1.82) is 0 Å². The van der Waals surface area contributed by atoms with E-state index in [0.717, 1.165) is 79.5 Å². The van der Waals surface area contributed by atoms with Crippen molar-refractivity contribution in [2.75, 3.05) is 26.7 Å². The zero-order valence-corrected chi connectivity index (χ0v) is 23.3. The van der Waals surface area contributed by atoms with E-state index < -0.39 is 12.1 Å². The van der Waals surface area contributed by atoms with Crippen LogP contribution in [0, 0.1) is 11.8 Å². The number of rotatable bonds is 12. The number of likely N-dealkylation sites (tertiary alicyclic amines) is 1. The lowest BCUT2D eigenvalue weighted by molar-refractivity contribution is -0.139. The molecule has 0 amide bonds. The van der Waals surface area contributed by atoms with Gasteiger partial charge in [0.15, 0.2) is 0 Å². The molecule has 6 nitrogen and oxygen atoms in total. The lowest BCUT2D eigenvalue weighted by Gasteiger charge is -2.38. The third kappa shape index (κ3) is 7.38. The van der Waals surface area contributed by atoms with Gasteiger partial charge in [-0.05, 0) is 111 Å². The largest absolute Gasteiger partial charge is 0.497 e. The van der Waals surface area contributed by atoms with Gasteiger partial charge in [-0.2, -0.15) is 0 Å². The molecular weight excluding hydrogens is 523 g/mol. The quantitative estimate of drug-likeness (QED) is 0.238. The molecule has 1 aliphatic heterocycles. The molecule has 3 atom stereocenters. The molecule has 1 aliphatic rings. The molecule has 8 heteroatoms. The van der Waals surface area contributed by atoms with Crippen molar-refractivity contribution in [1.82, 2.24) is 9.88 Å². The summed E-state index contributed by atoms with van der Waals surface area (Å²) >= 11 is 12.6. The van der Waals surface area contributed by atoms with Crippen LogP contribution < -0.4 is 4.74 Å². The highest BCUT2D eigenvalue weighted by atomic mass is 35.5. The topological polar surface area (TPSA) is 82.9 Å². The SMILES string of the molecule is COc1ccc2nccc(C(O)CC[C@@H]3CCN(CCCCc4c(Cl)cccc4Cl)C[C@@H]3CC(=O)O)c2c1. The van der Waals surface area contributed by atoms with Crippen molar-refractivity contribution in [2.45, 2.75) is 51.0 Å². The number of piperidine rings is 1. The van der Waals surface area contributed by atoms with Crippen LogP contribution in [0.3, 0.4) is 0 Å². The normalized spacial score (nSPS) is 18.9. The first-order valence-corrected chi connectivity index (χ1v) is 14.1.